The van der Waals surface area contributed by atoms with Crippen LogP contribution in [0, 0.1) is 5.41 Å². The summed E-state index contributed by atoms with van der Waals surface area (Å²) in [6, 6.07) is 8.84. The lowest BCUT2D eigenvalue weighted by Crippen LogP contribution is -2.46. The molecule has 3 rings (SSSR count). The van der Waals surface area contributed by atoms with Gasteiger partial charge in [-0.25, -0.2) is 4.99 Å². The van der Waals surface area contributed by atoms with Crippen molar-refractivity contribution in [3.63, 3.8) is 0 Å². The van der Waals surface area contributed by atoms with Crippen molar-refractivity contribution in [2.45, 2.75) is 32.2 Å². The van der Waals surface area contributed by atoms with E-state index in [1.54, 1.807) is 6.20 Å². The molecule has 0 radical (unpaired) electrons. The van der Waals surface area contributed by atoms with Gasteiger partial charge in [-0.2, -0.15) is 0 Å². The van der Waals surface area contributed by atoms with Crippen molar-refractivity contribution in [3.8, 4) is 0 Å². The first-order valence-electron chi connectivity index (χ1n) is 8.10. The number of fused-ring (bicyclic) bond motifs is 1. The Morgan fingerprint density at radius 3 is 2.73 bits per heavy atom. The Labute approximate surface area is 133 Å². The quantitative estimate of drug-likeness (QED) is 0.671. The van der Waals surface area contributed by atoms with Crippen LogP contribution in [0.15, 0.2) is 54.2 Å². The smallest absolute Gasteiger partial charge is 0.128 e. The van der Waals surface area contributed by atoms with Crippen molar-refractivity contribution >= 4 is 5.84 Å². The van der Waals surface area contributed by atoms with E-state index in [-0.39, 0.29) is 11.5 Å². The number of allylic oxidation sites excluding steroid dienone is 1. The Bertz CT molecular complexity index is 607. The van der Waals surface area contributed by atoms with Gasteiger partial charge >= 0.3 is 0 Å². The van der Waals surface area contributed by atoms with Crippen molar-refractivity contribution in [2.24, 2.45) is 16.1 Å². The van der Waals surface area contributed by atoms with Crippen LogP contribution in [0.25, 0.3) is 0 Å². The van der Waals surface area contributed by atoms with Gasteiger partial charge in [-0.3, -0.25) is 0 Å². The zero-order valence-electron chi connectivity index (χ0n) is 13.3. The summed E-state index contributed by atoms with van der Waals surface area (Å²) in [6.45, 7) is 7.77. The number of aliphatic imine (C=N–C) groups is 1. The molecule has 1 heterocycles. The van der Waals surface area contributed by atoms with E-state index in [1.165, 1.54) is 11.1 Å². The van der Waals surface area contributed by atoms with Crippen molar-refractivity contribution in [3.05, 3.63) is 60.3 Å². The van der Waals surface area contributed by atoms with Crippen LogP contribution in [0.3, 0.4) is 0 Å². The van der Waals surface area contributed by atoms with Gasteiger partial charge in [0.15, 0.2) is 0 Å². The maximum absolute atomic E-state index is 6.62. The average molecular weight is 295 g/mol. The molecule has 1 aromatic carbocycles. The third-order valence-corrected chi connectivity index (χ3v) is 5.21. The second kappa shape index (κ2) is 6.09. The van der Waals surface area contributed by atoms with Crippen LogP contribution in [0.1, 0.15) is 36.9 Å². The zero-order valence-corrected chi connectivity index (χ0v) is 13.3. The summed E-state index contributed by atoms with van der Waals surface area (Å²) in [4.78, 5) is 6.75. The SMILES string of the molecule is C=CN=C(/C=C/C)N1CCC2(CC1)Cc1ccccc1[C@H]2N. The molecule has 1 atom stereocenters. The van der Waals surface area contributed by atoms with E-state index in [4.69, 9.17) is 5.73 Å². The molecule has 1 fully saturated rings. The van der Waals surface area contributed by atoms with Crippen LogP contribution in [0.4, 0.5) is 0 Å². The molecule has 1 aliphatic carbocycles. The average Bonchev–Trinajstić information content (AvgIpc) is 2.81. The Kier molecular flexibility index (Phi) is 4.16. The van der Waals surface area contributed by atoms with Crippen LogP contribution < -0.4 is 5.73 Å². The molecule has 0 amide bonds. The second-order valence-electron chi connectivity index (χ2n) is 6.37. The predicted octanol–water partition coefficient (Wildman–Crippen LogP) is 3.44. The van der Waals surface area contributed by atoms with Gasteiger partial charge in [0.05, 0.1) is 0 Å². The summed E-state index contributed by atoms with van der Waals surface area (Å²) in [6.07, 6.45) is 9.08. The second-order valence-corrected chi connectivity index (χ2v) is 6.37. The standard InChI is InChI=1S/C19H25N3/c1-3-7-17(21-4-2)22-12-10-19(11-13-22)14-15-8-5-6-9-16(15)18(19)20/h3-9,18H,2,10-14,20H2,1H3/b7-3+,21-17?/t18-/m1/s1. The fourth-order valence-corrected chi connectivity index (χ4v) is 3.96. The van der Waals surface area contributed by atoms with Gasteiger partial charge in [-0.05, 0) is 48.8 Å². The van der Waals surface area contributed by atoms with E-state index >= 15 is 0 Å². The molecule has 1 aliphatic heterocycles. The highest BCUT2D eigenvalue weighted by molar-refractivity contribution is 5.93. The first kappa shape index (κ1) is 15.0. The Morgan fingerprint density at radius 2 is 2.09 bits per heavy atom. The first-order valence-corrected chi connectivity index (χ1v) is 8.10. The van der Waals surface area contributed by atoms with Crippen molar-refractivity contribution in [1.29, 1.82) is 0 Å². The number of amidine groups is 1. The summed E-state index contributed by atoms with van der Waals surface area (Å²) in [5, 5.41) is 0. The van der Waals surface area contributed by atoms with Crippen LogP contribution in [0.2, 0.25) is 0 Å². The molecule has 3 heteroatoms. The molecule has 0 aromatic heterocycles. The molecule has 2 N–H and O–H groups in total. The summed E-state index contributed by atoms with van der Waals surface area (Å²) in [7, 11) is 0. The van der Waals surface area contributed by atoms with Gasteiger partial charge in [-0.1, -0.05) is 36.9 Å². The third kappa shape index (κ3) is 2.50. The number of nitrogens with two attached hydrogens (primary N) is 1. The lowest BCUT2D eigenvalue weighted by atomic mass is 9.73. The van der Waals surface area contributed by atoms with E-state index < -0.39 is 0 Å². The van der Waals surface area contributed by atoms with Crippen molar-refractivity contribution < 1.29 is 0 Å². The largest absolute Gasteiger partial charge is 0.357 e. The minimum absolute atomic E-state index is 0.173. The van der Waals surface area contributed by atoms with Gasteiger partial charge < -0.3 is 10.6 Å². The van der Waals surface area contributed by atoms with Crippen molar-refractivity contribution in [1.82, 2.24) is 4.90 Å². The van der Waals surface area contributed by atoms with Crippen LogP contribution in [-0.2, 0) is 6.42 Å². The van der Waals surface area contributed by atoms with Crippen LogP contribution >= 0.6 is 0 Å². The summed E-state index contributed by atoms with van der Waals surface area (Å²) in [5.74, 6) is 1.01. The van der Waals surface area contributed by atoms with Crippen LogP contribution in [-0.4, -0.2) is 23.8 Å². The molecule has 1 saturated heterocycles. The minimum atomic E-state index is 0.173. The fourth-order valence-electron chi connectivity index (χ4n) is 3.96. The molecule has 1 aromatic rings. The molecular weight excluding hydrogens is 270 g/mol. The highest BCUT2D eigenvalue weighted by Gasteiger charge is 2.45. The number of likely N-dealkylation sites (tertiary alicyclic amines) is 1. The lowest BCUT2D eigenvalue weighted by molar-refractivity contribution is 0.128. The molecule has 1 spiro atoms. The number of benzene rings is 1. The molecule has 22 heavy (non-hydrogen) atoms. The van der Waals surface area contributed by atoms with Crippen LogP contribution in [0.5, 0.6) is 0 Å². The monoisotopic (exact) mass is 295 g/mol. The van der Waals surface area contributed by atoms with Gasteiger partial charge in [0.2, 0.25) is 0 Å². The Hall–Kier alpha value is -1.87. The maximum atomic E-state index is 6.62. The lowest BCUT2D eigenvalue weighted by Gasteiger charge is -2.42. The van der Waals surface area contributed by atoms with E-state index in [2.05, 4.69) is 46.8 Å². The molecule has 0 bridgehead atoms. The van der Waals surface area contributed by atoms with E-state index in [0.717, 1.165) is 38.2 Å². The molecule has 0 saturated carbocycles. The number of piperidine rings is 1. The third-order valence-electron chi connectivity index (χ3n) is 5.21. The van der Waals surface area contributed by atoms with Gasteiger partial charge in [0.25, 0.3) is 0 Å². The number of hydrogen-bond acceptors (Lipinski definition) is 2. The topological polar surface area (TPSA) is 41.6 Å². The zero-order chi connectivity index (χ0) is 15.6. The first-order chi connectivity index (χ1) is 10.7. The molecule has 3 nitrogen and oxygen atoms in total. The van der Waals surface area contributed by atoms with E-state index in [9.17, 15) is 0 Å². The fraction of sp³-hybridized carbons (Fsp3) is 0.421. The maximum Gasteiger partial charge on any atom is 0.128 e. The summed E-state index contributed by atoms with van der Waals surface area (Å²) < 4.78 is 0. The number of rotatable bonds is 2. The van der Waals surface area contributed by atoms with Gasteiger partial charge in [0.1, 0.15) is 5.84 Å². The Morgan fingerprint density at radius 1 is 1.36 bits per heavy atom. The summed E-state index contributed by atoms with van der Waals surface area (Å²) in [5.41, 5.74) is 9.64. The number of nitrogens with zero attached hydrogens (tertiary/aromatic N) is 2. The highest BCUT2D eigenvalue weighted by Crippen LogP contribution is 2.50. The van der Waals surface area contributed by atoms with Gasteiger partial charge in [0, 0.05) is 25.3 Å². The molecule has 0 unspecified atom stereocenters. The number of hydrogen-bond donors (Lipinski definition) is 1. The molecular formula is C19H25N3. The highest BCUT2D eigenvalue weighted by atomic mass is 15.2. The summed E-state index contributed by atoms with van der Waals surface area (Å²) >= 11 is 0. The molecule has 2 aliphatic rings. The van der Waals surface area contributed by atoms with Crippen molar-refractivity contribution in [2.75, 3.05) is 13.1 Å². The Balaban J connectivity index is 1.75. The molecule has 116 valence electrons. The normalized spacial score (nSPS) is 24.0. The van der Waals surface area contributed by atoms with Gasteiger partial charge in [-0.15, -0.1) is 0 Å². The van der Waals surface area contributed by atoms with E-state index in [0.29, 0.717) is 0 Å². The van der Waals surface area contributed by atoms with E-state index in [1.807, 2.05) is 13.0 Å². The predicted molar refractivity (Wildman–Crippen MR) is 92.8 cm³/mol. The minimum Gasteiger partial charge on any atom is -0.357 e.